The molecule has 1 fully saturated rings. The number of hydrogen-bond acceptors (Lipinski definition) is 3. The quantitative estimate of drug-likeness (QED) is 0.806. The molecule has 3 nitrogen and oxygen atoms in total. The van der Waals surface area contributed by atoms with Crippen molar-refractivity contribution in [2.75, 3.05) is 0 Å². The van der Waals surface area contributed by atoms with Crippen LogP contribution in [0.4, 0.5) is 0 Å². The van der Waals surface area contributed by atoms with Crippen LogP contribution in [0.25, 0.3) is 0 Å². The Kier molecular flexibility index (Phi) is 3.62. The van der Waals surface area contributed by atoms with Crippen LogP contribution in [-0.4, -0.2) is 26.9 Å². The van der Waals surface area contributed by atoms with Gasteiger partial charge in [0.25, 0.3) is 0 Å². The van der Waals surface area contributed by atoms with Gasteiger partial charge in [-0.2, -0.15) is 0 Å². The first-order chi connectivity index (χ1) is 13.0. The standard InChI is InChI=1S/C24H25NO2/c1-15-14-25-22-12-20(22)18-10-6-7-11-19(18)23(25)13-21(15)24(26,27)16(2)17-8-4-3-5-9-17/h3-11,13-14,16,20,22-23,26-27H,12H2,1-2H3. The molecule has 4 atom stereocenters. The Bertz CT molecular complexity index is 944. The maximum Gasteiger partial charge on any atom is 0.196 e. The first-order valence-corrected chi connectivity index (χ1v) is 9.75. The number of nitrogens with zero attached hydrogens (tertiary/aromatic N) is 1. The van der Waals surface area contributed by atoms with E-state index >= 15 is 0 Å². The minimum atomic E-state index is -1.91. The van der Waals surface area contributed by atoms with Crippen molar-refractivity contribution in [3.05, 3.63) is 94.7 Å². The molecule has 5 rings (SSSR count). The van der Waals surface area contributed by atoms with Crippen LogP contribution in [0.1, 0.15) is 54.8 Å². The fourth-order valence-electron chi connectivity index (χ4n) is 4.88. The van der Waals surface area contributed by atoms with Gasteiger partial charge in [-0.15, -0.1) is 0 Å². The zero-order valence-corrected chi connectivity index (χ0v) is 15.7. The molecule has 0 aromatic heterocycles. The first-order valence-electron chi connectivity index (χ1n) is 9.75. The van der Waals surface area contributed by atoms with Gasteiger partial charge in [0.1, 0.15) is 0 Å². The lowest BCUT2D eigenvalue weighted by Crippen LogP contribution is -2.41. The van der Waals surface area contributed by atoms with Crippen molar-refractivity contribution in [1.82, 2.24) is 4.90 Å². The Balaban J connectivity index is 1.57. The zero-order chi connectivity index (χ0) is 18.8. The van der Waals surface area contributed by atoms with Gasteiger partial charge < -0.3 is 15.1 Å². The van der Waals surface area contributed by atoms with E-state index in [0.29, 0.717) is 17.5 Å². The Hall–Kier alpha value is -2.36. The highest BCUT2D eigenvalue weighted by Crippen LogP contribution is 2.56. The molecule has 1 saturated carbocycles. The molecule has 0 amide bonds. The highest BCUT2D eigenvalue weighted by Gasteiger charge is 2.51. The predicted octanol–water partition coefficient (Wildman–Crippen LogP) is 4.23. The van der Waals surface area contributed by atoms with E-state index in [1.165, 1.54) is 17.5 Å². The summed E-state index contributed by atoms with van der Waals surface area (Å²) < 4.78 is 0. The fourth-order valence-corrected chi connectivity index (χ4v) is 4.88. The normalized spacial score (nSPS) is 27.0. The van der Waals surface area contributed by atoms with E-state index < -0.39 is 11.7 Å². The van der Waals surface area contributed by atoms with Crippen LogP contribution in [0.2, 0.25) is 0 Å². The predicted molar refractivity (Wildman–Crippen MR) is 106 cm³/mol. The average molecular weight is 359 g/mol. The van der Waals surface area contributed by atoms with Crippen LogP contribution in [-0.2, 0) is 0 Å². The van der Waals surface area contributed by atoms with Crippen LogP contribution in [0.3, 0.4) is 0 Å². The van der Waals surface area contributed by atoms with E-state index in [-0.39, 0.29) is 6.04 Å². The van der Waals surface area contributed by atoms with Gasteiger partial charge in [-0.3, -0.25) is 0 Å². The van der Waals surface area contributed by atoms with E-state index in [4.69, 9.17) is 0 Å². The van der Waals surface area contributed by atoms with Gasteiger partial charge in [0, 0.05) is 29.7 Å². The van der Waals surface area contributed by atoms with Gasteiger partial charge in [-0.25, -0.2) is 0 Å². The number of benzene rings is 2. The molecule has 2 aromatic carbocycles. The lowest BCUT2D eigenvalue weighted by Gasteiger charge is -2.42. The number of fused-ring (bicyclic) bond motifs is 6. The number of hydrogen-bond donors (Lipinski definition) is 2. The van der Waals surface area contributed by atoms with Crippen LogP contribution in [0.5, 0.6) is 0 Å². The van der Waals surface area contributed by atoms with Crippen LogP contribution in [0.15, 0.2) is 78.0 Å². The molecule has 27 heavy (non-hydrogen) atoms. The molecule has 0 spiro atoms. The molecule has 1 aliphatic carbocycles. The van der Waals surface area contributed by atoms with Crippen molar-refractivity contribution in [2.24, 2.45) is 0 Å². The van der Waals surface area contributed by atoms with Crippen molar-refractivity contribution < 1.29 is 10.2 Å². The van der Waals surface area contributed by atoms with E-state index in [0.717, 1.165) is 11.1 Å². The molecular weight excluding hydrogens is 334 g/mol. The van der Waals surface area contributed by atoms with Crippen molar-refractivity contribution in [1.29, 1.82) is 0 Å². The highest BCUT2D eigenvalue weighted by atomic mass is 16.5. The lowest BCUT2D eigenvalue weighted by molar-refractivity contribution is -0.142. The third-order valence-electron chi connectivity index (χ3n) is 6.57. The van der Waals surface area contributed by atoms with Gasteiger partial charge in [-0.1, -0.05) is 61.5 Å². The molecule has 3 aliphatic rings. The summed E-state index contributed by atoms with van der Waals surface area (Å²) in [4.78, 5) is 2.41. The summed E-state index contributed by atoms with van der Waals surface area (Å²) in [5, 5.41) is 22.3. The fraction of sp³-hybridized carbons (Fsp3) is 0.333. The molecule has 2 heterocycles. The Morgan fingerprint density at radius 2 is 1.67 bits per heavy atom. The van der Waals surface area contributed by atoms with Crippen LogP contribution in [0, 0.1) is 0 Å². The Morgan fingerprint density at radius 3 is 2.41 bits per heavy atom. The summed E-state index contributed by atoms with van der Waals surface area (Å²) in [6.45, 7) is 3.86. The average Bonchev–Trinajstić information content (AvgIpc) is 3.49. The van der Waals surface area contributed by atoms with Crippen molar-refractivity contribution in [3.63, 3.8) is 0 Å². The maximum absolute atomic E-state index is 11.2. The minimum Gasteiger partial charge on any atom is -0.363 e. The van der Waals surface area contributed by atoms with Crippen molar-refractivity contribution in [2.45, 2.75) is 50.0 Å². The lowest BCUT2D eigenvalue weighted by atomic mass is 9.80. The molecule has 138 valence electrons. The van der Waals surface area contributed by atoms with E-state index in [2.05, 4.69) is 41.4 Å². The van der Waals surface area contributed by atoms with Gasteiger partial charge in [0.05, 0.1) is 6.04 Å². The summed E-state index contributed by atoms with van der Waals surface area (Å²) >= 11 is 0. The molecule has 2 N–H and O–H groups in total. The second-order valence-electron chi connectivity index (χ2n) is 8.18. The Labute approximate surface area is 160 Å². The summed E-state index contributed by atoms with van der Waals surface area (Å²) in [5.74, 6) is -1.72. The zero-order valence-electron chi connectivity index (χ0n) is 15.7. The van der Waals surface area contributed by atoms with Gasteiger partial charge in [-0.05, 0) is 41.7 Å². The topological polar surface area (TPSA) is 43.7 Å². The van der Waals surface area contributed by atoms with Gasteiger partial charge >= 0.3 is 0 Å². The SMILES string of the molecule is CC1=CN2C(C=C1C(O)(O)C(C)c1ccccc1)c1ccccc1C1CC12. The van der Waals surface area contributed by atoms with Crippen LogP contribution < -0.4 is 0 Å². The summed E-state index contributed by atoms with van der Waals surface area (Å²) in [7, 11) is 0. The first kappa shape index (κ1) is 16.8. The number of rotatable bonds is 3. The van der Waals surface area contributed by atoms with E-state index in [1.807, 2.05) is 44.2 Å². The largest absolute Gasteiger partial charge is 0.363 e. The summed E-state index contributed by atoms with van der Waals surface area (Å²) in [6.07, 6.45) is 5.39. The van der Waals surface area contributed by atoms with Crippen molar-refractivity contribution in [3.8, 4) is 0 Å². The van der Waals surface area contributed by atoms with Crippen LogP contribution >= 0.6 is 0 Å². The molecule has 2 aromatic rings. The second-order valence-corrected chi connectivity index (χ2v) is 8.18. The maximum atomic E-state index is 11.2. The summed E-state index contributed by atoms with van der Waals surface area (Å²) in [6, 6.07) is 18.9. The van der Waals surface area contributed by atoms with E-state index in [1.54, 1.807) is 0 Å². The third kappa shape index (κ3) is 2.49. The van der Waals surface area contributed by atoms with Crippen molar-refractivity contribution >= 4 is 0 Å². The monoisotopic (exact) mass is 359 g/mol. The highest BCUT2D eigenvalue weighted by molar-refractivity contribution is 5.50. The molecule has 2 aliphatic heterocycles. The molecule has 0 bridgehead atoms. The number of aliphatic hydroxyl groups is 2. The minimum absolute atomic E-state index is 0.0744. The van der Waals surface area contributed by atoms with E-state index in [9.17, 15) is 10.2 Å². The Morgan fingerprint density at radius 1 is 1.00 bits per heavy atom. The molecule has 0 saturated heterocycles. The van der Waals surface area contributed by atoms with Gasteiger partial charge in [0.2, 0.25) is 0 Å². The van der Waals surface area contributed by atoms with Gasteiger partial charge in [0.15, 0.2) is 5.79 Å². The smallest absolute Gasteiger partial charge is 0.196 e. The molecule has 0 radical (unpaired) electrons. The second kappa shape index (κ2) is 5.82. The summed E-state index contributed by atoms with van der Waals surface area (Å²) in [5.41, 5.74) is 5.19. The molecule has 3 heteroatoms. The molecular formula is C24H25NO2. The third-order valence-corrected chi connectivity index (χ3v) is 6.57. The molecule has 4 unspecified atom stereocenters.